The average Bonchev–Trinajstić information content (AvgIpc) is 0.883. The molecule has 98 heavy (non-hydrogen) atoms. The maximum absolute atomic E-state index is 14.0. The van der Waals surface area contributed by atoms with Crippen LogP contribution >= 0.6 is 11.8 Å². The molecule has 556 valence electrons. The number of thioether (sulfide) groups is 1. The van der Waals surface area contributed by atoms with Gasteiger partial charge in [-0.15, -0.1) is 0 Å². The van der Waals surface area contributed by atoms with E-state index in [4.69, 9.17) is 22.9 Å². The second-order valence-electron chi connectivity index (χ2n) is 23.3. The number of carboxylic acid groups (broad SMARTS) is 3. The number of amides is 14. The zero-order chi connectivity index (χ0) is 74.9. The van der Waals surface area contributed by atoms with Crippen LogP contribution in [-0.4, -0.2) is 250 Å². The molecule has 0 spiro atoms. The first kappa shape index (κ1) is 89.1. The summed E-state index contributed by atoms with van der Waals surface area (Å²) in [5.74, 6) is -18.2. The first-order valence-corrected chi connectivity index (χ1v) is 33.1. The van der Waals surface area contributed by atoms with Gasteiger partial charge in [-0.2, -0.15) is 11.8 Å². The molecule has 0 fully saturated rings. The fraction of sp³-hybridized carbons (Fsp3) is 0.707. The molecule has 0 aromatic heterocycles. The Kier molecular flexibility index (Phi) is 43.6. The molecule has 0 heterocycles. The average molecular weight is 1420 g/mol. The second kappa shape index (κ2) is 48.0. The van der Waals surface area contributed by atoms with E-state index in [-0.39, 0.29) is 51.6 Å². The smallest absolute Gasteiger partial charge is 0.325 e. The zero-order valence-electron chi connectivity index (χ0n) is 56.1. The lowest BCUT2D eigenvalue weighted by atomic mass is 10.0. The zero-order valence-corrected chi connectivity index (χ0v) is 56.9. The van der Waals surface area contributed by atoms with Gasteiger partial charge in [-0.05, 0) is 129 Å². The monoisotopic (exact) mass is 1420 g/mol. The predicted molar refractivity (Wildman–Crippen MR) is 349 cm³/mol. The van der Waals surface area contributed by atoms with Gasteiger partial charge in [0.1, 0.15) is 78.5 Å². The third-order valence-corrected chi connectivity index (χ3v) is 15.0. The van der Waals surface area contributed by atoms with E-state index in [0.717, 1.165) is 13.8 Å². The molecule has 0 saturated carbocycles. The molecule has 0 radical (unpaired) electrons. The molecular weight excluding hydrogens is 1320 g/mol. The van der Waals surface area contributed by atoms with Crippen LogP contribution in [0.25, 0.3) is 0 Å². The van der Waals surface area contributed by atoms with Crippen molar-refractivity contribution in [3.63, 3.8) is 0 Å². The van der Waals surface area contributed by atoms with Crippen LogP contribution in [0.2, 0.25) is 0 Å². The van der Waals surface area contributed by atoms with E-state index >= 15 is 0 Å². The Bertz CT molecular complexity index is 2730. The van der Waals surface area contributed by atoms with Crippen molar-refractivity contribution in [2.24, 2.45) is 28.9 Å². The molecule has 40 heteroatoms. The van der Waals surface area contributed by atoms with Crippen molar-refractivity contribution in [2.75, 3.05) is 44.9 Å². The highest BCUT2D eigenvalue weighted by atomic mass is 32.2. The minimum Gasteiger partial charge on any atom is -0.481 e. The van der Waals surface area contributed by atoms with Gasteiger partial charge in [0.05, 0.1) is 19.8 Å². The molecule has 0 aromatic carbocycles. The Morgan fingerprint density at radius 3 is 1.09 bits per heavy atom. The van der Waals surface area contributed by atoms with Crippen LogP contribution in [0.5, 0.6) is 0 Å². The van der Waals surface area contributed by atoms with Gasteiger partial charge in [0.2, 0.25) is 82.7 Å². The van der Waals surface area contributed by atoms with Crippen LogP contribution in [0.3, 0.4) is 0 Å². The molecular formula is C58H101N17O22S. The normalized spacial score (nSPS) is 15.0. The number of carboxylic acids is 3. The molecule has 26 N–H and O–H groups in total. The number of rotatable bonds is 51. The van der Waals surface area contributed by atoms with Gasteiger partial charge in [0.25, 0.3) is 0 Å². The number of aliphatic hydroxyl groups is 2. The summed E-state index contributed by atoms with van der Waals surface area (Å²) in [7, 11) is 0. The fourth-order valence-electron chi connectivity index (χ4n) is 8.67. The summed E-state index contributed by atoms with van der Waals surface area (Å²) in [5, 5.41) is 78.3. The first-order chi connectivity index (χ1) is 46.0. The van der Waals surface area contributed by atoms with Crippen LogP contribution < -0.4 is 92.1 Å². The molecule has 39 nitrogen and oxygen atoms in total. The minimum atomic E-state index is -1.83. The summed E-state index contributed by atoms with van der Waals surface area (Å²) in [4.78, 5) is 221. The van der Waals surface area contributed by atoms with Crippen molar-refractivity contribution in [3.8, 4) is 0 Å². The maximum atomic E-state index is 14.0. The van der Waals surface area contributed by atoms with E-state index in [1.807, 2.05) is 0 Å². The summed E-state index contributed by atoms with van der Waals surface area (Å²) >= 11 is 1.32. The molecule has 0 saturated heterocycles. The van der Waals surface area contributed by atoms with Gasteiger partial charge in [-0.25, -0.2) is 0 Å². The quantitative estimate of drug-likeness (QED) is 0.0252. The van der Waals surface area contributed by atoms with Crippen molar-refractivity contribution >= 4 is 112 Å². The molecule has 0 aliphatic carbocycles. The standard InChI is InChI=1S/C58H101N17O22S/c1-28(2)24-40(74-57(95)41(27-77)75-48(86)31(5)66-52(90)36(14-17-42(62)78)72-55(93)39(20-23-98-7)71-49(87)33(61)26-76)56(94)73-38(16-19-45(82)83)54(92)65-30(4)47(85)70-37(15-18-44(80)81)53(91)64-29(3)46(84)69-34(12-8-10-21-59)50(88)63-25-43(79)68-35(13-9-11-22-60)51(89)67-32(6)58(96)97/h28-41,76-77H,8-27,59-61H2,1-7H3,(H2,62,78)(H,63,88)(H,64,91)(H,65,92)(H,66,90)(H,67,89)(H,68,79)(H,69,84)(H,70,85)(H,71,87)(H,72,93)(H,73,94)(H,74,95)(H,75,86)(H,80,81)(H,82,83)(H,96,97)/t29-,30-,31-,32-,33-,34-,35-,36-,37-,38-,39-,40-,41-/m0/s1. The van der Waals surface area contributed by atoms with Crippen LogP contribution in [0.15, 0.2) is 0 Å². The molecule has 0 aliphatic rings. The van der Waals surface area contributed by atoms with Crippen molar-refractivity contribution in [2.45, 2.75) is 210 Å². The molecule has 13 atom stereocenters. The third-order valence-electron chi connectivity index (χ3n) is 14.4. The Labute approximate surface area is 570 Å². The highest BCUT2D eigenvalue weighted by Gasteiger charge is 2.36. The number of hydrogen-bond donors (Lipinski definition) is 22. The highest BCUT2D eigenvalue weighted by Crippen LogP contribution is 2.11. The molecule has 14 amide bonds. The number of nitrogens with one attached hydrogen (secondary N) is 13. The van der Waals surface area contributed by atoms with Crippen molar-refractivity contribution in [1.29, 1.82) is 0 Å². The molecule has 0 rings (SSSR count). The summed E-state index contributed by atoms with van der Waals surface area (Å²) in [6.45, 7) is 5.84. The van der Waals surface area contributed by atoms with E-state index in [0.29, 0.717) is 25.0 Å². The van der Waals surface area contributed by atoms with Crippen molar-refractivity contribution in [1.82, 2.24) is 69.1 Å². The minimum absolute atomic E-state index is 0.0300. The first-order valence-electron chi connectivity index (χ1n) is 31.7. The number of aliphatic hydroxyl groups excluding tert-OH is 2. The number of carbonyl (C=O) groups is 17. The topological polar surface area (TPSA) is 652 Å². The van der Waals surface area contributed by atoms with E-state index in [9.17, 15) is 107 Å². The van der Waals surface area contributed by atoms with E-state index in [1.54, 1.807) is 20.1 Å². The van der Waals surface area contributed by atoms with Gasteiger partial charge < -0.3 is 118 Å². The molecule has 0 bridgehead atoms. The number of aliphatic carboxylic acids is 3. The summed E-state index contributed by atoms with van der Waals surface area (Å²) in [6.07, 6.45) is -0.354. The third kappa shape index (κ3) is 36.5. The van der Waals surface area contributed by atoms with E-state index in [1.165, 1.54) is 25.6 Å². The van der Waals surface area contributed by atoms with Gasteiger partial charge in [0, 0.05) is 19.3 Å². The van der Waals surface area contributed by atoms with Gasteiger partial charge in [0.15, 0.2) is 0 Å². The van der Waals surface area contributed by atoms with E-state index < -0.39 is 237 Å². The second-order valence-corrected chi connectivity index (χ2v) is 24.3. The summed E-state index contributed by atoms with van der Waals surface area (Å²) in [5.41, 5.74) is 22.1. The fourth-order valence-corrected chi connectivity index (χ4v) is 9.14. The number of unbranched alkanes of at least 4 members (excludes halogenated alkanes) is 2. The molecule has 0 aliphatic heterocycles. The Morgan fingerprint density at radius 2 is 0.714 bits per heavy atom. The largest absolute Gasteiger partial charge is 0.481 e. The van der Waals surface area contributed by atoms with Crippen LogP contribution in [0.4, 0.5) is 0 Å². The highest BCUT2D eigenvalue weighted by molar-refractivity contribution is 7.98. The maximum Gasteiger partial charge on any atom is 0.325 e. The van der Waals surface area contributed by atoms with Crippen molar-refractivity contribution in [3.05, 3.63) is 0 Å². The number of carbonyl (C=O) groups excluding carboxylic acids is 14. The lowest BCUT2D eigenvalue weighted by molar-refractivity contribution is -0.142. The lowest BCUT2D eigenvalue weighted by Gasteiger charge is -2.27. The Morgan fingerprint density at radius 1 is 0.378 bits per heavy atom. The van der Waals surface area contributed by atoms with Crippen molar-refractivity contribution < 1.29 is 107 Å². The lowest BCUT2D eigenvalue weighted by Crippen LogP contribution is -2.60. The predicted octanol–water partition coefficient (Wildman–Crippen LogP) is -8.55. The number of primary amides is 1. The SMILES string of the molecule is CSCC[C@H](NC(=O)[C@@H](N)CO)C(=O)N[C@@H](CCC(N)=O)C(=O)N[C@@H](C)C(=O)N[C@@H](CO)C(=O)N[C@@H](CC(C)C)C(=O)N[C@@H](CCC(=O)O)C(=O)N[C@@H](C)C(=O)N[C@@H](CCC(=O)O)C(=O)N[C@@H](C)C(=O)N[C@@H](CCCCN)C(=O)NCC(=O)N[C@@H](CCCCN)C(=O)N[C@@H](C)C(=O)O. The van der Waals surface area contributed by atoms with Gasteiger partial charge >= 0.3 is 17.9 Å². The van der Waals surface area contributed by atoms with Gasteiger partial charge in [-0.1, -0.05) is 13.8 Å². The van der Waals surface area contributed by atoms with E-state index in [2.05, 4.69) is 69.1 Å². The Balaban J connectivity index is 6.37. The number of nitrogens with two attached hydrogens (primary N) is 4. The van der Waals surface area contributed by atoms with Crippen LogP contribution in [0.1, 0.15) is 131 Å². The summed E-state index contributed by atoms with van der Waals surface area (Å²) < 4.78 is 0. The Hall–Kier alpha value is -8.86. The molecule has 0 unspecified atom stereocenters. The van der Waals surface area contributed by atoms with Crippen LogP contribution in [-0.2, 0) is 81.5 Å². The van der Waals surface area contributed by atoms with Gasteiger partial charge in [-0.3, -0.25) is 81.5 Å². The summed E-state index contributed by atoms with van der Waals surface area (Å²) in [6, 6.07) is -19.6. The number of hydrogen-bond acceptors (Lipinski definition) is 23. The van der Waals surface area contributed by atoms with Crippen LogP contribution in [0, 0.1) is 5.92 Å². The molecule has 0 aromatic rings.